The highest BCUT2D eigenvalue weighted by atomic mass is 16.3. The van der Waals surface area contributed by atoms with Gasteiger partial charge in [-0.2, -0.15) is 0 Å². The average molecular weight is 401 g/mol. The van der Waals surface area contributed by atoms with Crippen LogP contribution >= 0.6 is 0 Å². The number of fused-ring (bicyclic) bond motifs is 1. The molecule has 150 valence electrons. The standard InChI is InChI=1S/C23H19N3O4/c27-22(12-11-19-14-16-4-1-2-6-21(16)30-19)25-17-7-9-18(10-8-17)26-23(28)24-15-20-5-3-13-29-20/h1-14H,15H2,(H,25,27)(H2,24,26,28)/b12-11+. The lowest BCUT2D eigenvalue weighted by atomic mass is 10.2. The monoisotopic (exact) mass is 401 g/mol. The first kappa shape index (κ1) is 19.1. The fourth-order valence-corrected chi connectivity index (χ4v) is 2.82. The van der Waals surface area contributed by atoms with Crippen LogP contribution in [0.15, 0.2) is 87.9 Å². The van der Waals surface area contributed by atoms with E-state index < -0.39 is 0 Å². The smallest absolute Gasteiger partial charge is 0.319 e. The highest BCUT2D eigenvalue weighted by Gasteiger charge is 2.05. The van der Waals surface area contributed by atoms with E-state index in [1.54, 1.807) is 48.7 Å². The molecule has 0 bridgehead atoms. The molecule has 4 rings (SSSR count). The van der Waals surface area contributed by atoms with Crippen molar-refractivity contribution in [2.24, 2.45) is 0 Å². The summed E-state index contributed by atoms with van der Waals surface area (Å²) >= 11 is 0. The van der Waals surface area contributed by atoms with Crippen LogP contribution in [-0.2, 0) is 11.3 Å². The molecule has 0 radical (unpaired) electrons. The summed E-state index contributed by atoms with van der Waals surface area (Å²) < 4.78 is 10.8. The van der Waals surface area contributed by atoms with Gasteiger partial charge in [-0.3, -0.25) is 4.79 Å². The summed E-state index contributed by atoms with van der Waals surface area (Å²) in [6.07, 6.45) is 4.58. The van der Waals surface area contributed by atoms with Crippen molar-refractivity contribution in [3.63, 3.8) is 0 Å². The number of hydrogen-bond donors (Lipinski definition) is 3. The molecule has 0 spiro atoms. The zero-order valence-electron chi connectivity index (χ0n) is 15.9. The van der Waals surface area contributed by atoms with Gasteiger partial charge in [0.2, 0.25) is 5.91 Å². The lowest BCUT2D eigenvalue weighted by molar-refractivity contribution is -0.111. The van der Waals surface area contributed by atoms with Gasteiger partial charge in [-0.15, -0.1) is 0 Å². The van der Waals surface area contributed by atoms with Crippen LogP contribution in [0.25, 0.3) is 17.0 Å². The van der Waals surface area contributed by atoms with Crippen molar-refractivity contribution >= 4 is 40.4 Å². The van der Waals surface area contributed by atoms with Crippen molar-refractivity contribution in [2.75, 3.05) is 10.6 Å². The number of para-hydroxylation sites is 1. The second kappa shape index (κ2) is 8.83. The number of rotatable bonds is 6. The Hall–Kier alpha value is -4.26. The summed E-state index contributed by atoms with van der Waals surface area (Å²) in [5.74, 6) is 0.984. The molecule has 3 N–H and O–H groups in total. The summed E-state index contributed by atoms with van der Waals surface area (Å²) in [6, 6.07) is 19.5. The molecule has 0 fully saturated rings. The highest BCUT2D eigenvalue weighted by Crippen LogP contribution is 2.20. The van der Waals surface area contributed by atoms with Crippen LogP contribution < -0.4 is 16.0 Å². The average Bonchev–Trinajstić information content (AvgIpc) is 3.41. The molecule has 7 nitrogen and oxygen atoms in total. The van der Waals surface area contributed by atoms with Crippen molar-refractivity contribution in [1.29, 1.82) is 0 Å². The minimum Gasteiger partial charge on any atom is -0.467 e. The number of anilines is 2. The van der Waals surface area contributed by atoms with Gasteiger partial charge >= 0.3 is 6.03 Å². The maximum absolute atomic E-state index is 12.1. The van der Waals surface area contributed by atoms with Crippen LogP contribution in [0.5, 0.6) is 0 Å². The van der Waals surface area contributed by atoms with E-state index in [9.17, 15) is 9.59 Å². The Morgan fingerprint density at radius 3 is 2.40 bits per heavy atom. The van der Waals surface area contributed by atoms with E-state index in [1.807, 2.05) is 30.3 Å². The van der Waals surface area contributed by atoms with E-state index in [2.05, 4.69) is 16.0 Å². The normalized spacial score (nSPS) is 10.9. The van der Waals surface area contributed by atoms with Crippen LogP contribution in [-0.4, -0.2) is 11.9 Å². The third-order valence-corrected chi connectivity index (χ3v) is 4.26. The van der Waals surface area contributed by atoms with Crippen LogP contribution in [0.3, 0.4) is 0 Å². The Bertz CT molecular complexity index is 1140. The molecule has 2 aromatic heterocycles. The third kappa shape index (κ3) is 4.96. The molecule has 0 saturated carbocycles. The van der Waals surface area contributed by atoms with Gasteiger partial charge < -0.3 is 24.8 Å². The summed E-state index contributed by atoms with van der Waals surface area (Å²) in [5.41, 5.74) is 1.98. The zero-order valence-corrected chi connectivity index (χ0v) is 15.9. The van der Waals surface area contributed by atoms with Gasteiger partial charge in [-0.1, -0.05) is 18.2 Å². The zero-order chi connectivity index (χ0) is 20.8. The first-order chi connectivity index (χ1) is 14.7. The molecule has 0 aliphatic carbocycles. The van der Waals surface area contributed by atoms with Gasteiger partial charge in [-0.05, 0) is 54.6 Å². The molecular formula is C23H19N3O4. The largest absolute Gasteiger partial charge is 0.467 e. The van der Waals surface area contributed by atoms with Crippen LogP contribution in [0.1, 0.15) is 11.5 Å². The van der Waals surface area contributed by atoms with Gasteiger partial charge in [0.1, 0.15) is 17.1 Å². The number of carbonyl (C=O) groups excluding carboxylic acids is 2. The molecule has 30 heavy (non-hydrogen) atoms. The third-order valence-electron chi connectivity index (χ3n) is 4.26. The van der Waals surface area contributed by atoms with Crippen LogP contribution in [0, 0.1) is 0 Å². The Labute approximate surface area is 172 Å². The van der Waals surface area contributed by atoms with Gasteiger partial charge in [0.15, 0.2) is 0 Å². The second-order valence-electron chi connectivity index (χ2n) is 6.47. The van der Waals surface area contributed by atoms with Gasteiger partial charge in [0, 0.05) is 22.8 Å². The van der Waals surface area contributed by atoms with E-state index in [0.29, 0.717) is 29.4 Å². The Balaban J connectivity index is 1.28. The lowest BCUT2D eigenvalue weighted by Crippen LogP contribution is -2.27. The first-order valence-electron chi connectivity index (χ1n) is 9.31. The van der Waals surface area contributed by atoms with Gasteiger partial charge in [0.05, 0.1) is 12.8 Å². The molecule has 0 aliphatic rings. The summed E-state index contributed by atoms with van der Waals surface area (Å²) in [4.78, 5) is 24.0. The molecule has 0 saturated heterocycles. The molecule has 2 aromatic carbocycles. The quantitative estimate of drug-likeness (QED) is 0.396. The Morgan fingerprint density at radius 1 is 0.900 bits per heavy atom. The van der Waals surface area contributed by atoms with Crippen molar-refractivity contribution < 1.29 is 18.4 Å². The molecule has 3 amide bonds. The van der Waals surface area contributed by atoms with Crippen molar-refractivity contribution in [3.8, 4) is 0 Å². The number of amides is 3. The number of urea groups is 1. The van der Waals surface area contributed by atoms with E-state index >= 15 is 0 Å². The summed E-state index contributed by atoms with van der Waals surface area (Å²) in [7, 11) is 0. The predicted molar refractivity (Wildman–Crippen MR) is 115 cm³/mol. The van der Waals surface area contributed by atoms with Crippen molar-refractivity contribution in [1.82, 2.24) is 5.32 Å². The number of nitrogens with one attached hydrogen (secondary N) is 3. The van der Waals surface area contributed by atoms with E-state index in [1.165, 1.54) is 6.08 Å². The maximum atomic E-state index is 12.1. The molecule has 2 heterocycles. The Morgan fingerprint density at radius 2 is 1.67 bits per heavy atom. The SMILES string of the molecule is O=C(/C=C/c1cc2ccccc2o1)Nc1ccc(NC(=O)NCc2ccco2)cc1. The van der Waals surface area contributed by atoms with Crippen LogP contribution in [0.4, 0.5) is 16.2 Å². The van der Waals surface area contributed by atoms with Crippen molar-refractivity contribution in [2.45, 2.75) is 6.54 Å². The van der Waals surface area contributed by atoms with E-state index in [4.69, 9.17) is 8.83 Å². The van der Waals surface area contributed by atoms with Gasteiger partial charge in [0.25, 0.3) is 0 Å². The highest BCUT2D eigenvalue weighted by molar-refractivity contribution is 6.02. The maximum Gasteiger partial charge on any atom is 0.319 e. The minimum atomic E-state index is -0.350. The lowest BCUT2D eigenvalue weighted by Gasteiger charge is -2.08. The molecule has 4 aromatic rings. The van der Waals surface area contributed by atoms with E-state index in [0.717, 1.165) is 11.0 Å². The minimum absolute atomic E-state index is 0.285. The Kier molecular flexibility index (Phi) is 5.61. The predicted octanol–water partition coefficient (Wildman–Crippen LogP) is 5.00. The number of carbonyl (C=O) groups is 2. The second-order valence-corrected chi connectivity index (χ2v) is 6.47. The molecule has 0 unspecified atom stereocenters. The van der Waals surface area contributed by atoms with Crippen molar-refractivity contribution in [3.05, 3.63) is 90.6 Å². The summed E-state index contributed by atoms with van der Waals surface area (Å²) in [5, 5.41) is 9.15. The first-order valence-corrected chi connectivity index (χ1v) is 9.31. The number of hydrogen-bond acceptors (Lipinski definition) is 4. The summed E-state index contributed by atoms with van der Waals surface area (Å²) in [6.45, 7) is 0.296. The topological polar surface area (TPSA) is 96.5 Å². The van der Waals surface area contributed by atoms with E-state index in [-0.39, 0.29) is 11.9 Å². The molecule has 0 aliphatic heterocycles. The van der Waals surface area contributed by atoms with Crippen LogP contribution in [0.2, 0.25) is 0 Å². The van der Waals surface area contributed by atoms with Gasteiger partial charge in [-0.25, -0.2) is 4.79 Å². The number of benzene rings is 2. The molecule has 0 atom stereocenters. The number of furan rings is 2. The fourth-order valence-electron chi connectivity index (χ4n) is 2.82. The molecule has 7 heteroatoms. The fraction of sp³-hybridized carbons (Fsp3) is 0.0435. The molecular weight excluding hydrogens is 382 g/mol.